The fourth-order valence-electron chi connectivity index (χ4n) is 3.76. The van der Waals surface area contributed by atoms with Crippen molar-refractivity contribution in [2.24, 2.45) is 0 Å². The smallest absolute Gasteiger partial charge is 0.240 e. The van der Waals surface area contributed by atoms with Gasteiger partial charge in [0.2, 0.25) is 5.91 Å². The zero-order valence-corrected chi connectivity index (χ0v) is 11.4. The van der Waals surface area contributed by atoms with Crippen LogP contribution in [0.15, 0.2) is 0 Å². The molecule has 3 saturated heterocycles. The van der Waals surface area contributed by atoms with Crippen LogP contribution in [0.2, 0.25) is 0 Å². The second-order valence-corrected chi connectivity index (χ2v) is 6.13. The van der Waals surface area contributed by atoms with Gasteiger partial charge < -0.3 is 10.2 Å². The molecule has 0 saturated carbocycles. The summed E-state index contributed by atoms with van der Waals surface area (Å²) in [4.78, 5) is 17.3. The van der Waals surface area contributed by atoms with E-state index in [1.165, 1.54) is 32.2 Å². The molecular formula is C14H25N3O. The van der Waals surface area contributed by atoms with Crippen LogP contribution in [0.1, 0.15) is 39.0 Å². The van der Waals surface area contributed by atoms with Crippen LogP contribution in [0.3, 0.4) is 0 Å². The minimum absolute atomic E-state index is 0.0918. The number of nitrogens with zero attached hydrogens (tertiary/aromatic N) is 2. The van der Waals surface area contributed by atoms with Crippen LogP contribution in [-0.2, 0) is 4.79 Å². The van der Waals surface area contributed by atoms with Crippen molar-refractivity contribution in [2.75, 3.05) is 26.2 Å². The Balaban J connectivity index is 1.65. The molecule has 2 unspecified atom stereocenters. The van der Waals surface area contributed by atoms with Gasteiger partial charge in [0.1, 0.15) is 0 Å². The third kappa shape index (κ3) is 2.28. The Hall–Kier alpha value is -0.610. The Morgan fingerprint density at radius 1 is 1.17 bits per heavy atom. The molecule has 102 valence electrons. The first-order chi connectivity index (χ1) is 8.75. The Morgan fingerprint density at radius 2 is 2.06 bits per heavy atom. The lowest BCUT2D eigenvalue weighted by Crippen LogP contribution is -2.60. The topological polar surface area (TPSA) is 35.6 Å². The fraction of sp³-hybridized carbons (Fsp3) is 0.929. The van der Waals surface area contributed by atoms with Crippen molar-refractivity contribution in [3.8, 4) is 0 Å². The number of piperidine rings is 1. The summed E-state index contributed by atoms with van der Waals surface area (Å²) in [6, 6.07) is 1.11. The number of amides is 1. The van der Waals surface area contributed by atoms with E-state index in [2.05, 4.69) is 22.0 Å². The molecule has 0 aromatic heterocycles. The van der Waals surface area contributed by atoms with Crippen molar-refractivity contribution in [3.63, 3.8) is 0 Å². The largest absolute Gasteiger partial charge is 0.336 e. The molecule has 3 rings (SSSR count). The summed E-state index contributed by atoms with van der Waals surface area (Å²) in [5, 5.41) is 3.39. The molecule has 3 fully saturated rings. The number of hydrogen-bond donors (Lipinski definition) is 1. The summed E-state index contributed by atoms with van der Waals surface area (Å²) in [6.45, 7) is 6.48. The van der Waals surface area contributed by atoms with Crippen molar-refractivity contribution in [2.45, 2.75) is 57.2 Å². The fourth-order valence-corrected chi connectivity index (χ4v) is 3.76. The average Bonchev–Trinajstić information content (AvgIpc) is 2.85. The summed E-state index contributed by atoms with van der Waals surface area (Å²) in [7, 11) is 0. The minimum Gasteiger partial charge on any atom is -0.336 e. The van der Waals surface area contributed by atoms with E-state index in [-0.39, 0.29) is 6.04 Å². The van der Waals surface area contributed by atoms with Gasteiger partial charge in [-0.3, -0.25) is 9.69 Å². The molecule has 3 atom stereocenters. The maximum absolute atomic E-state index is 12.6. The van der Waals surface area contributed by atoms with E-state index in [1.54, 1.807) is 0 Å². The maximum Gasteiger partial charge on any atom is 0.240 e. The summed E-state index contributed by atoms with van der Waals surface area (Å²) < 4.78 is 0. The summed E-state index contributed by atoms with van der Waals surface area (Å²) >= 11 is 0. The van der Waals surface area contributed by atoms with Gasteiger partial charge in [0.15, 0.2) is 0 Å². The number of carbonyl (C=O) groups is 1. The Kier molecular flexibility index (Phi) is 3.57. The SMILES string of the molecule is CC1CN2CCCC2CN1C(=O)[C@@H]1CCCCN1. The van der Waals surface area contributed by atoms with Crippen LogP contribution < -0.4 is 5.32 Å². The van der Waals surface area contributed by atoms with Crippen molar-refractivity contribution < 1.29 is 4.79 Å². The van der Waals surface area contributed by atoms with E-state index in [4.69, 9.17) is 0 Å². The highest BCUT2D eigenvalue weighted by atomic mass is 16.2. The van der Waals surface area contributed by atoms with Crippen LogP contribution >= 0.6 is 0 Å². The van der Waals surface area contributed by atoms with Gasteiger partial charge in [-0.25, -0.2) is 0 Å². The first-order valence-electron chi connectivity index (χ1n) is 7.53. The molecule has 0 aromatic rings. The van der Waals surface area contributed by atoms with E-state index in [0.717, 1.165) is 26.1 Å². The predicted octanol–water partition coefficient (Wildman–Crippen LogP) is 0.824. The van der Waals surface area contributed by atoms with Crippen LogP contribution in [0.25, 0.3) is 0 Å². The highest BCUT2D eigenvalue weighted by Gasteiger charge is 2.38. The predicted molar refractivity (Wildman–Crippen MR) is 71.4 cm³/mol. The zero-order valence-electron chi connectivity index (χ0n) is 11.4. The van der Waals surface area contributed by atoms with E-state index < -0.39 is 0 Å². The second-order valence-electron chi connectivity index (χ2n) is 6.13. The molecule has 4 heteroatoms. The van der Waals surface area contributed by atoms with Gasteiger partial charge in [0.25, 0.3) is 0 Å². The lowest BCUT2D eigenvalue weighted by atomic mass is 10.0. The van der Waals surface area contributed by atoms with Crippen LogP contribution in [0.4, 0.5) is 0 Å². The standard InChI is InChI=1S/C14H25N3O/c1-11-9-16-8-4-5-12(16)10-17(11)14(18)13-6-2-3-7-15-13/h11-13,15H,2-10H2,1H3/t11?,12?,13-/m0/s1. The molecule has 0 spiro atoms. The molecule has 3 aliphatic heterocycles. The van der Waals surface area contributed by atoms with E-state index in [1.807, 2.05) is 0 Å². The monoisotopic (exact) mass is 251 g/mol. The first kappa shape index (κ1) is 12.4. The molecule has 0 bridgehead atoms. The normalized spacial score (nSPS) is 37.6. The minimum atomic E-state index is 0.0918. The molecule has 0 aliphatic carbocycles. The molecule has 3 aliphatic rings. The summed E-state index contributed by atoms with van der Waals surface area (Å²) in [5.41, 5.74) is 0. The third-order valence-electron chi connectivity index (χ3n) is 4.83. The van der Waals surface area contributed by atoms with E-state index >= 15 is 0 Å². The second kappa shape index (κ2) is 5.17. The molecule has 0 radical (unpaired) electrons. The lowest BCUT2D eigenvalue weighted by Gasteiger charge is -2.44. The molecule has 4 nitrogen and oxygen atoms in total. The zero-order chi connectivity index (χ0) is 12.5. The highest BCUT2D eigenvalue weighted by Crippen LogP contribution is 2.25. The van der Waals surface area contributed by atoms with Crippen molar-refractivity contribution >= 4 is 5.91 Å². The van der Waals surface area contributed by atoms with Crippen LogP contribution in [-0.4, -0.2) is 60.0 Å². The molecule has 1 N–H and O–H groups in total. The number of fused-ring (bicyclic) bond motifs is 1. The molecule has 1 amide bonds. The third-order valence-corrected chi connectivity index (χ3v) is 4.83. The lowest BCUT2D eigenvalue weighted by molar-refractivity contribution is -0.139. The first-order valence-corrected chi connectivity index (χ1v) is 7.53. The number of rotatable bonds is 1. The van der Waals surface area contributed by atoms with Crippen molar-refractivity contribution in [1.29, 1.82) is 0 Å². The molecule has 18 heavy (non-hydrogen) atoms. The number of carbonyl (C=O) groups excluding carboxylic acids is 1. The summed E-state index contributed by atoms with van der Waals surface area (Å²) in [5.74, 6) is 0.355. The Bertz CT molecular complexity index is 314. The van der Waals surface area contributed by atoms with Gasteiger partial charge in [-0.2, -0.15) is 0 Å². The highest BCUT2D eigenvalue weighted by molar-refractivity contribution is 5.82. The average molecular weight is 251 g/mol. The van der Waals surface area contributed by atoms with Gasteiger partial charge in [0.05, 0.1) is 6.04 Å². The Morgan fingerprint density at radius 3 is 2.83 bits per heavy atom. The number of nitrogens with one attached hydrogen (secondary N) is 1. The maximum atomic E-state index is 12.6. The van der Waals surface area contributed by atoms with Gasteiger partial charge in [-0.1, -0.05) is 6.42 Å². The van der Waals surface area contributed by atoms with Gasteiger partial charge in [-0.15, -0.1) is 0 Å². The van der Waals surface area contributed by atoms with Gasteiger partial charge in [-0.05, 0) is 45.7 Å². The van der Waals surface area contributed by atoms with E-state index in [0.29, 0.717) is 18.0 Å². The van der Waals surface area contributed by atoms with Crippen LogP contribution in [0.5, 0.6) is 0 Å². The quantitative estimate of drug-likeness (QED) is 0.749. The number of hydrogen-bond acceptors (Lipinski definition) is 3. The summed E-state index contributed by atoms with van der Waals surface area (Å²) in [6.07, 6.45) is 6.02. The van der Waals surface area contributed by atoms with Gasteiger partial charge in [0, 0.05) is 25.2 Å². The molecule has 0 aromatic carbocycles. The van der Waals surface area contributed by atoms with Crippen molar-refractivity contribution in [3.05, 3.63) is 0 Å². The van der Waals surface area contributed by atoms with Crippen LogP contribution in [0, 0.1) is 0 Å². The van der Waals surface area contributed by atoms with Gasteiger partial charge >= 0.3 is 0 Å². The number of piperazine rings is 1. The van der Waals surface area contributed by atoms with Crippen molar-refractivity contribution in [1.82, 2.24) is 15.1 Å². The Labute approximate surface area is 110 Å². The van der Waals surface area contributed by atoms with E-state index in [9.17, 15) is 4.79 Å². The molecule has 3 heterocycles. The molecular weight excluding hydrogens is 226 g/mol.